The number of piperidine rings is 1. The van der Waals surface area contributed by atoms with E-state index in [0.29, 0.717) is 36.6 Å². The zero-order valence-corrected chi connectivity index (χ0v) is 28.3. The minimum Gasteiger partial charge on any atom is -0.477 e. The maximum absolute atomic E-state index is 13.8. The van der Waals surface area contributed by atoms with Crippen LogP contribution in [0.3, 0.4) is 0 Å². The van der Waals surface area contributed by atoms with Crippen LogP contribution in [0.1, 0.15) is 68.6 Å². The normalized spacial score (nSPS) is 23.5. The number of hydrogen-bond donors (Lipinski definition) is 3. The second-order valence-electron chi connectivity index (χ2n) is 14.4. The molecule has 3 N–H and O–H groups in total. The van der Waals surface area contributed by atoms with E-state index in [1.807, 2.05) is 50.2 Å². The SMILES string of the molecule is Cc1cccc(C)c1-c1cc2nc(n1)NS(=O)(=O)c1cccc(c1)C(C1CC3(CCN(C[C@H](O)CO)CC3)C1)[C@H](CC(C)C)CO2. The average molecular weight is 649 g/mol. The molecular formula is C36H48N4O5S. The van der Waals surface area contributed by atoms with Gasteiger partial charge in [-0.15, -0.1) is 0 Å². The fourth-order valence-electron chi connectivity index (χ4n) is 8.29. The summed E-state index contributed by atoms with van der Waals surface area (Å²) in [6, 6.07) is 15.3. The van der Waals surface area contributed by atoms with Gasteiger partial charge >= 0.3 is 0 Å². The van der Waals surface area contributed by atoms with E-state index in [-0.39, 0.29) is 34.7 Å². The molecule has 4 bridgehead atoms. The van der Waals surface area contributed by atoms with Gasteiger partial charge in [-0.1, -0.05) is 44.2 Å². The molecule has 46 heavy (non-hydrogen) atoms. The van der Waals surface area contributed by atoms with Crippen molar-refractivity contribution < 1.29 is 23.4 Å². The standard InChI is InChI=1S/C36H48N4O5S/c1-23(2)15-27-22-45-32-17-31(33-24(3)7-5-8-25(33)4)37-35(38-32)39-46(43,44)30-10-6-9-26(16-30)34(27)28-18-36(19-28)11-13-40(14-12-36)20-29(42)21-41/h5-10,16-17,23,27-29,34,41-42H,11-15,18-22H2,1-4H3,(H,37,38,39)/t27-,29+,34?/m1/s1. The van der Waals surface area contributed by atoms with Gasteiger partial charge in [-0.2, -0.15) is 4.98 Å². The number of anilines is 1. The van der Waals surface area contributed by atoms with Crippen molar-refractivity contribution in [2.45, 2.75) is 76.7 Å². The first kappa shape index (κ1) is 32.9. The van der Waals surface area contributed by atoms with Crippen molar-refractivity contribution in [2.75, 3.05) is 37.6 Å². The lowest BCUT2D eigenvalue weighted by molar-refractivity contribution is -0.0460. The molecule has 1 saturated carbocycles. The molecule has 6 rings (SSSR count). The number of hydrogen-bond acceptors (Lipinski definition) is 8. The highest BCUT2D eigenvalue weighted by Gasteiger charge is 2.50. The Balaban J connectivity index is 1.34. The van der Waals surface area contributed by atoms with Crippen LogP contribution in [-0.2, 0) is 10.0 Å². The molecule has 9 nitrogen and oxygen atoms in total. The number of benzene rings is 2. The smallest absolute Gasteiger partial charge is 0.264 e. The Labute approximate surface area is 273 Å². The topological polar surface area (TPSA) is 125 Å². The number of rotatable bonds is 7. The Morgan fingerprint density at radius 3 is 2.41 bits per heavy atom. The van der Waals surface area contributed by atoms with Gasteiger partial charge in [0, 0.05) is 24.1 Å². The van der Waals surface area contributed by atoms with Gasteiger partial charge < -0.3 is 19.8 Å². The van der Waals surface area contributed by atoms with E-state index >= 15 is 0 Å². The number of β-amino-alcohol motifs (C(OH)–C–C–N with tert-alkyl or cyclic N) is 1. The van der Waals surface area contributed by atoms with Crippen LogP contribution in [-0.4, -0.2) is 72.5 Å². The minimum atomic E-state index is -3.96. The molecule has 0 radical (unpaired) electrons. The zero-order chi connectivity index (χ0) is 32.6. The summed E-state index contributed by atoms with van der Waals surface area (Å²) in [5.74, 6) is 1.49. The fraction of sp³-hybridized carbons (Fsp3) is 0.556. The first-order valence-electron chi connectivity index (χ1n) is 16.7. The molecule has 1 saturated heterocycles. The molecule has 2 fully saturated rings. The largest absolute Gasteiger partial charge is 0.477 e. The van der Waals surface area contributed by atoms with Crippen LogP contribution in [0.15, 0.2) is 53.4 Å². The van der Waals surface area contributed by atoms with Crippen molar-refractivity contribution in [2.24, 2.45) is 23.2 Å². The Hall–Kier alpha value is -3.05. The van der Waals surface area contributed by atoms with Crippen molar-refractivity contribution in [3.63, 3.8) is 0 Å². The maximum Gasteiger partial charge on any atom is 0.264 e. The minimum absolute atomic E-state index is 0.00289. The van der Waals surface area contributed by atoms with Crippen LogP contribution in [0.2, 0.25) is 0 Å². The summed E-state index contributed by atoms with van der Waals surface area (Å²) in [5.41, 5.74) is 4.96. The monoisotopic (exact) mass is 648 g/mol. The summed E-state index contributed by atoms with van der Waals surface area (Å²) in [6.07, 6.45) is 4.57. The fourth-order valence-corrected chi connectivity index (χ4v) is 9.28. The average Bonchev–Trinajstić information content (AvgIpc) is 2.99. The molecule has 0 amide bonds. The molecule has 10 heteroatoms. The Kier molecular flexibility index (Phi) is 9.45. The summed E-state index contributed by atoms with van der Waals surface area (Å²) < 4.78 is 36.8. The van der Waals surface area contributed by atoms with Crippen LogP contribution >= 0.6 is 0 Å². The number of aryl methyl sites for hydroxylation is 2. The van der Waals surface area contributed by atoms with E-state index in [0.717, 1.165) is 67.4 Å². The molecule has 2 aromatic carbocycles. The number of aliphatic hydroxyl groups is 2. The lowest BCUT2D eigenvalue weighted by Crippen LogP contribution is -2.50. The predicted octanol–water partition coefficient (Wildman–Crippen LogP) is 5.54. The van der Waals surface area contributed by atoms with E-state index in [4.69, 9.17) is 4.74 Å². The summed E-state index contributed by atoms with van der Waals surface area (Å²) in [5, 5.41) is 19.2. The molecule has 1 aromatic heterocycles. The lowest BCUT2D eigenvalue weighted by atomic mass is 9.52. The highest BCUT2D eigenvalue weighted by Crippen LogP contribution is 2.59. The number of nitrogens with one attached hydrogen (secondary N) is 1. The summed E-state index contributed by atoms with van der Waals surface area (Å²) in [4.78, 5) is 11.7. The number of aromatic nitrogens is 2. The van der Waals surface area contributed by atoms with Gasteiger partial charge in [0.15, 0.2) is 0 Å². The van der Waals surface area contributed by atoms with Crippen LogP contribution in [0, 0.1) is 37.0 Å². The van der Waals surface area contributed by atoms with Crippen molar-refractivity contribution in [3.8, 4) is 17.1 Å². The molecule has 2 aliphatic heterocycles. The van der Waals surface area contributed by atoms with Gasteiger partial charge in [-0.3, -0.25) is 0 Å². The highest BCUT2D eigenvalue weighted by molar-refractivity contribution is 7.92. The molecule has 3 atom stereocenters. The summed E-state index contributed by atoms with van der Waals surface area (Å²) in [6.45, 7) is 11.1. The molecule has 3 aliphatic rings. The summed E-state index contributed by atoms with van der Waals surface area (Å²) >= 11 is 0. The number of sulfonamides is 1. The Morgan fingerprint density at radius 2 is 1.74 bits per heavy atom. The van der Waals surface area contributed by atoms with Gasteiger partial charge in [0.05, 0.1) is 29.9 Å². The summed E-state index contributed by atoms with van der Waals surface area (Å²) in [7, 11) is -3.96. The van der Waals surface area contributed by atoms with Gasteiger partial charge in [0.25, 0.3) is 10.0 Å². The molecule has 3 aromatic rings. The van der Waals surface area contributed by atoms with Crippen LogP contribution in [0.4, 0.5) is 5.95 Å². The quantitative estimate of drug-likeness (QED) is 0.305. The Morgan fingerprint density at radius 1 is 1.04 bits per heavy atom. The number of likely N-dealkylation sites (tertiary alicyclic amines) is 1. The first-order chi connectivity index (χ1) is 21.9. The number of aliphatic hydroxyl groups excluding tert-OH is 2. The van der Waals surface area contributed by atoms with Gasteiger partial charge in [-0.05, 0) is 111 Å². The number of ether oxygens (including phenoxy) is 1. The molecule has 1 unspecified atom stereocenters. The zero-order valence-electron chi connectivity index (χ0n) is 27.4. The van der Waals surface area contributed by atoms with Gasteiger partial charge in [0.2, 0.25) is 11.8 Å². The molecule has 1 aliphatic carbocycles. The molecule has 3 heterocycles. The number of nitrogens with zero attached hydrogens (tertiary/aromatic N) is 3. The van der Waals surface area contributed by atoms with Crippen molar-refractivity contribution in [3.05, 3.63) is 65.2 Å². The first-order valence-corrected chi connectivity index (χ1v) is 18.2. The second kappa shape index (κ2) is 13.2. The lowest BCUT2D eigenvalue weighted by Gasteiger charge is -2.56. The van der Waals surface area contributed by atoms with Crippen LogP contribution in [0.25, 0.3) is 11.3 Å². The van der Waals surface area contributed by atoms with E-state index in [2.05, 4.69) is 39.5 Å². The van der Waals surface area contributed by atoms with Crippen LogP contribution < -0.4 is 9.46 Å². The van der Waals surface area contributed by atoms with Crippen molar-refractivity contribution in [1.82, 2.24) is 14.9 Å². The molecular weight excluding hydrogens is 600 g/mol. The van der Waals surface area contributed by atoms with Gasteiger partial charge in [0.1, 0.15) is 0 Å². The van der Waals surface area contributed by atoms with Crippen LogP contribution in [0.5, 0.6) is 5.88 Å². The maximum atomic E-state index is 13.8. The highest BCUT2D eigenvalue weighted by atomic mass is 32.2. The van der Waals surface area contributed by atoms with E-state index in [1.54, 1.807) is 6.07 Å². The Bertz CT molecular complexity index is 1630. The van der Waals surface area contributed by atoms with Crippen molar-refractivity contribution >= 4 is 16.0 Å². The molecule has 248 valence electrons. The predicted molar refractivity (Wildman–Crippen MR) is 179 cm³/mol. The third-order valence-electron chi connectivity index (χ3n) is 10.4. The van der Waals surface area contributed by atoms with E-state index in [1.165, 1.54) is 0 Å². The van der Waals surface area contributed by atoms with Crippen molar-refractivity contribution in [1.29, 1.82) is 0 Å². The third kappa shape index (κ3) is 6.95. The second-order valence-corrected chi connectivity index (χ2v) is 16.1. The molecule has 1 spiro atoms. The van der Waals surface area contributed by atoms with E-state index in [9.17, 15) is 18.6 Å². The third-order valence-corrected chi connectivity index (χ3v) is 11.8. The van der Waals surface area contributed by atoms with Gasteiger partial charge in [-0.25, -0.2) is 18.1 Å². The number of fused-ring (bicyclic) bond motifs is 4. The van der Waals surface area contributed by atoms with E-state index < -0.39 is 16.1 Å².